The first-order chi connectivity index (χ1) is 9.27. The van der Waals surface area contributed by atoms with E-state index in [0.29, 0.717) is 22.3 Å². The standard InChI is InChI=1S/C11H14F2N2O3S2/c1-5(3-9(17)18)14-8(16)4-7-6(2)15-11(19-7)20-10(12)13/h5,10H,3-4H2,1-2H3,(H,14,16)(H,17,18)/t5-/m1/s1. The van der Waals surface area contributed by atoms with Gasteiger partial charge in [0, 0.05) is 10.9 Å². The van der Waals surface area contributed by atoms with E-state index in [-0.39, 0.29) is 23.1 Å². The number of carbonyl (C=O) groups excluding carboxylic acids is 1. The number of hydrogen-bond acceptors (Lipinski definition) is 5. The summed E-state index contributed by atoms with van der Waals surface area (Å²) in [4.78, 5) is 26.7. The summed E-state index contributed by atoms with van der Waals surface area (Å²) >= 11 is 1.40. The fourth-order valence-electron chi connectivity index (χ4n) is 1.48. The first-order valence-electron chi connectivity index (χ1n) is 5.70. The average molecular weight is 324 g/mol. The number of halogens is 2. The van der Waals surface area contributed by atoms with Crippen LogP contribution in [0, 0.1) is 6.92 Å². The van der Waals surface area contributed by atoms with Gasteiger partial charge in [0.15, 0.2) is 4.34 Å². The summed E-state index contributed by atoms with van der Waals surface area (Å²) < 4.78 is 24.6. The van der Waals surface area contributed by atoms with Crippen molar-refractivity contribution in [1.29, 1.82) is 0 Å². The molecule has 1 rings (SSSR count). The Labute approximate surface area is 122 Å². The molecule has 0 aliphatic heterocycles. The fourth-order valence-corrected chi connectivity index (χ4v) is 3.32. The Morgan fingerprint density at radius 3 is 2.70 bits per heavy atom. The van der Waals surface area contributed by atoms with Crippen molar-refractivity contribution >= 4 is 35.0 Å². The smallest absolute Gasteiger partial charge is 0.305 e. The monoisotopic (exact) mass is 324 g/mol. The lowest BCUT2D eigenvalue weighted by Gasteiger charge is -2.10. The van der Waals surface area contributed by atoms with Gasteiger partial charge in [-0.3, -0.25) is 9.59 Å². The highest BCUT2D eigenvalue weighted by Gasteiger charge is 2.17. The minimum atomic E-state index is -2.54. The van der Waals surface area contributed by atoms with Crippen LogP contribution in [0.5, 0.6) is 0 Å². The third-order valence-corrected chi connectivity index (χ3v) is 4.23. The topological polar surface area (TPSA) is 79.3 Å². The van der Waals surface area contributed by atoms with Crippen molar-refractivity contribution in [3.63, 3.8) is 0 Å². The molecule has 0 aliphatic rings. The predicted molar refractivity (Wildman–Crippen MR) is 72.3 cm³/mol. The quantitative estimate of drug-likeness (QED) is 0.752. The zero-order valence-electron chi connectivity index (χ0n) is 10.9. The number of rotatable bonds is 7. The number of amides is 1. The maximum absolute atomic E-state index is 12.2. The van der Waals surface area contributed by atoms with E-state index in [1.807, 2.05) is 0 Å². The molecular formula is C11H14F2N2O3S2. The number of carboxylic acid groups (broad SMARTS) is 1. The second-order valence-corrected chi connectivity index (χ2v) is 6.43. The number of alkyl halides is 2. The van der Waals surface area contributed by atoms with Crippen LogP contribution in [0.15, 0.2) is 4.34 Å². The number of hydrogen-bond donors (Lipinski definition) is 2. The van der Waals surface area contributed by atoms with Gasteiger partial charge in [-0.05, 0) is 25.6 Å². The SMILES string of the molecule is Cc1nc(SC(F)F)sc1CC(=O)N[C@H](C)CC(=O)O. The number of nitrogens with zero attached hydrogens (tertiary/aromatic N) is 1. The summed E-state index contributed by atoms with van der Waals surface area (Å²) in [7, 11) is 0. The lowest BCUT2D eigenvalue weighted by Crippen LogP contribution is -2.35. The van der Waals surface area contributed by atoms with E-state index in [2.05, 4.69) is 10.3 Å². The maximum Gasteiger partial charge on any atom is 0.305 e. The zero-order valence-corrected chi connectivity index (χ0v) is 12.5. The molecule has 1 heterocycles. The molecule has 0 spiro atoms. The van der Waals surface area contributed by atoms with Crippen LogP contribution in [-0.4, -0.2) is 33.8 Å². The van der Waals surface area contributed by atoms with E-state index in [4.69, 9.17) is 5.11 Å². The molecule has 0 aromatic carbocycles. The van der Waals surface area contributed by atoms with Gasteiger partial charge < -0.3 is 10.4 Å². The summed E-state index contributed by atoms with van der Waals surface area (Å²) in [6, 6.07) is -0.483. The third kappa shape index (κ3) is 5.83. The number of carboxylic acids is 1. The first-order valence-corrected chi connectivity index (χ1v) is 7.39. The van der Waals surface area contributed by atoms with Gasteiger partial charge in [-0.25, -0.2) is 4.98 Å². The lowest BCUT2D eigenvalue weighted by molar-refractivity contribution is -0.137. The Morgan fingerprint density at radius 1 is 1.50 bits per heavy atom. The van der Waals surface area contributed by atoms with Gasteiger partial charge in [0.25, 0.3) is 5.76 Å². The Bertz CT molecular complexity index is 494. The van der Waals surface area contributed by atoms with Gasteiger partial charge >= 0.3 is 5.97 Å². The van der Waals surface area contributed by atoms with Crippen molar-refractivity contribution in [2.75, 3.05) is 0 Å². The van der Waals surface area contributed by atoms with Gasteiger partial charge in [0.05, 0.1) is 18.5 Å². The highest BCUT2D eigenvalue weighted by Crippen LogP contribution is 2.31. The Kier molecular flexibility index (Phi) is 6.34. The minimum absolute atomic E-state index is 0.0112. The van der Waals surface area contributed by atoms with E-state index in [0.717, 1.165) is 11.3 Å². The summed E-state index contributed by atoms with van der Waals surface area (Å²) in [5, 5.41) is 11.1. The van der Waals surface area contributed by atoms with Crippen molar-refractivity contribution in [3.8, 4) is 0 Å². The largest absolute Gasteiger partial charge is 0.481 e. The van der Waals surface area contributed by atoms with Crippen LogP contribution in [0.1, 0.15) is 23.9 Å². The summed E-state index contributed by atoms with van der Waals surface area (Å²) in [6.45, 7) is 3.24. The third-order valence-electron chi connectivity index (χ3n) is 2.27. The van der Waals surface area contributed by atoms with Crippen molar-refractivity contribution in [2.24, 2.45) is 0 Å². The average Bonchev–Trinajstić information content (AvgIpc) is 2.55. The van der Waals surface area contributed by atoms with Crippen LogP contribution >= 0.6 is 23.1 Å². The molecule has 5 nitrogen and oxygen atoms in total. The molecule has 20 heavy (non-hydrogen) atoms. The highest BCUT2D eigenvalue weighted by molar-refractivity contribution is 8.01. The second-order valence-electron chi connectivity index (χ2n) is 4.11. The van der Waals surface area contributed by atoms with Gasteiger partial charge in [0.2, 0.25) is 5.91 Å². The van der Waals surface area contributed by atoms with Crippen LogP contribution in [0.3, 0.4) is 0 Å². The predicted octanol–water partition coefficient (Wildman–Crippen LogP) is 2.29. The molecule has 0 radical (unpaired) electrons. The molecule has 1 atom stereocenters. The zero-order chi connectivity index (χ0) is 15.3. The number of aryl methyl sites for hydroxylation is 1. The molecular weight excluding hydrogens is 310 g/mol. The molecule has 1 aromatic heterocycles. The van der Waals surface area contributed by atoms with E-state index >= 15 is 0 Å². The van der Waals surface area contributed by atoms with Crippen molar-refractivity contribution < 1.29 is 23.5 Å². The number of nitrogens with one attached hydrogen (secondary N) is 1. The van der Waals surface area contributed by atoms with Crippen LogP contribution in [0.2, 0.25) is 0 Å². The van der Waals surface area contributed by atoms with Gasteiger partial charge in [-0.2, -0.15) is 8.78 Å². The van der Waals surface area contributed by atoms with Crippen LogP contribution < -0.4 is 5.32 Å². The minimum Gasteiger partial charge on any atom is -0.481 e. The molecule has 0 saturated carbocycles. The Balaban J connectivity index is 2.57. The molecule has 1 aromatic rings. The molecule has 0 unspecified atom stereocenters. The highest BCUT2D eigenvalue weighted by atomic mass is 32.2. The van der Waals surface area contributed by atoms with Crippen molar-refractivity contribution in [1.82, 2.24) is 10.3 Å². The number of carbonyl (C=O) groups is 2. The normalized spacial score (nSPS) is 12.4. The van der Waals surface area contributed by atoms with Crippen molar-refractivity contribution in [3.05, 3.63) is 10.6 Å². The molecule has 0 bridgehead atoms. The number of aromatic nitrogens is 1. The van der Waals surface area contributed by atoms with Crippen molar-refractivity contribution in [2.45, 2.75) is 42.8 Å². The van der Waals surface area contributed by atoms with Crippen LogP contribution in [0.25, 0.3) is 0 Å². The van der Waals surface area contributed by atoms with E-state index in [9.17, 15) is 18.4 Å². The van der Waals surface area contributed by atoms with E-state index < -0.39 is 17.8 Å². The Morgan fingerprint density at radius 2 is 2.15 bits per heavy atom. The lowest BCUT2D eigenvalue weighted by atomic mass is 10.2. The molecule has 2 N–H and O–H groups in total. The van der Waals surface area contributed by atoms with E-state index in [1.165, 1.54) is 0 Å². The maximum atomic E-state index is 12.2. The van der Waals surface area contributed by atoms with Gasteiger partial charge in [-0.15, -0.1) is 11.3 Å². The van der Waals surface area contributed by atoms with Gasteiger partial charge in [0.1, 0.15) is 0 Å². The van der Waals surface area contributed by atoms with Crippen LogP contribution in [0.4, 0.5) is 8.78 Å². The van der Waals surface area contributed by atoms with E-state index in [1.54, 1.807) is 13.8 Å². The molecule has 1 amide bonds. The number of aliphatic carboxylic acids is 1. The first kappa shape index (κ1) is 16.8. The number of thioether (sulfide) groups is 1. The molecule has 0 aliphatic carbocycles. The molecule has 9 heteroatoms. The molecule has 112 valence electrons. The summed E-state index contributed by atoms with van der Waals surface area (Å²) in [6.07, 6.45) is -0.156. The Hall–Kier alpha value is -1.22. The second kappa shape index (κ2) is 7.53. The molecule has 0 saturated heterocycles. The van der Waals surface area contributed by atoms with Crippen LogP contribution in [-0.2, 0) is 16.0 Å². The summed E-state index contributed by atoms with van der Waals surface area (Å²) in [5.41, 5.74) is 0.541. The number of thiazole rings is 1. The fraction of sp³-hybridized carbons (Fsp3) is 0.545. The van der Waals surface area contributed by atoms with Gasteiger partial charge in [-0.1, -0.05) is 0 Å². The molecule has 0 fully saturated rings. The summed E-state index contributed by atoms with van der Waals surface area (Å²) in [5.74, 6) is -3.89.